The van der Waals surface area contributed by atoms with E-state index in [1.807, 2.05) is 35.9 Å². The van der Waals surface area contributed by atoms with Crippen molar-refractivity contribution in [3.05, 3.63) is 36.0 Å². The van der Waals surface area contributed by atoms with E-state index in [0.29, 0.717) is 0 Å². The van der Waals surface area contributed by atoms with Gasteiger partial charge in [-0.2, -0.15) is 5.10 Å². The molecule has 84 valence electrons. The molecule has 0 aliphatic heterocycles. The Morgan fingerprint density at radius 1 is 1.25 bits per heavy atom. The van der Waals surface area contributed by atoms with Gasteiger partial charge in [-0.1, -0.05) is 36.8 Å². The minimum Gasteiger partial charge on any atom is -0.504 e. The van der Waals surface area contributed by atoms with Crippen LogP contribution >= 0.6 is 0 Å². The van der Waals surface area contributed by atoms with Gasteiger partial charge in [0.2, 0.25) is 0 Å². The summed E-state index contributed by atoms with van der Waals surface area (Å²) < 4.78 is 1.85. The molecule has 1 N–H and O–H groups in total. The van der Waals surface area contributed by atoms with Gasteiger partial charge in [-0.15, -0.1) is 0 Å². The van der Waals surface area contributed by atoms with Crippen LogP contribution in [0.5, 0.6) is 5.75 Å². The summed E-state index contributed by atoms with van der Waals surface area (Å²) in [6.45, 7) is 4.97. The molecule has 3 heteroatoms. The molecular formula is C13H16N2O. The second-order valence-electron chi connectivity index (χ2n) is 3.97. The zero-order valence-corrected chi connectivity index (χ0v) is 9.64. The third-order valence-electron chi connectivity index (χ3n) is 2.58. The first-order valence-corrected chi connectivity index (χ1v) is 5.54. The molecule has 1 aromatic heterocycles. The van der Waals surface area contributed by atoms with Crippen LogP contribution in [0.4, 0.5) is 0 Å². The number of aromatic nitrogens is 2. The molecule has 0 atom stereocenters. The van der Waals surface area contributed by atoms with Crippen molar-refractivity contribution in [2.24, 2.45) is 0 Å². The van der Waals surface area contributed by atoms with Crippen LogP contribution in [0.25, 0.3) is 11.3 Å². The molecule has 16 heavy (non-hydrogen) atoms. The summed E-state index contributed by atoms with van der Waals surface area (Å²) in [7, 11) is 0. The first-order valence-electron chi connectivity index (χ1n) is 5.54. The summed E-state index contributed by atoms with van der Waals surface area (Å²) in [5.41, 5.74) is 3.03. The van der Waals surface area contributed by atoms with Crippen molar-refractivity contribution >= 4 is 0 Å². The molecule has 0 radical (unpaired) electrons. The third-order valence-corrected chi connectivity index (χ3v) is 2.58. The molecular weight excluding hydrogens is 200 g/mol. The Morgan fingerprint density at radius 3 is 2.56 bits per heavy atom. The maximum absolute atomic E-state index is 9.80. The minimum absolute atomic E-state index is 0.248. The summed E-state index contributed by atoms with van der Waals surface area (Å²) >= 11 is 0. The fraction of sp³-hybridized carbons (Fsp3) is 0.308. The quantitative estimate of drug-likeness (QED) is 0.856. The van der Waals surface area contributed by atoms with Crippen LogP contribution in [-0.4, -0.2) is 14.9 Å². The lowest BCUT2D eigenvalue weighted by molar-refractivity contribution is 0.476. The number of aryl methyl sites for hydroxylation is 2. The minimum atomic E-state index is 0.248. The largest absolute Gasteiger partial charge is 0.504 e. The molecule has 0 saturated carbocycles. The predicted molar refractivity (Wildman–Crippen MR) is 64.4 cm³/mol. The van der Waals surface area contributed by atoms with Gasteiger partial charge in [-0.25, -0.2) is 0 Å². The number of rotatable bonds is 3. The van der Waals surface area contributed by atoms with Crippen molar-refractivity contribution in [3.63, 3.8) is 0 Å². The van der Waals surface area contributed by atoms with Crippen molar-refractivity contribution in [1.82, 2.24) is 9.78 Å². The third kappa shape index (κ3) is 1.94. The van der Waals surface area contributed by atoms with Crippen LogP contribution < -0.4 is 0 Å². The van der Waals surface area contributed by atoms with Crippen LogP contribution in [0.3, 0.4) is 0 Å². The lowest BCUT2D eigenvalue weighted by Gasteiger charge is -2.06. The van der Waals surface area contributed by atoms with E-state index in [1.165, 1.54) is 11.8 Å². The monoisotopic (exact) mass is 216 g/mol. The molecule has 1 heterocycles. The zero-order valence-electron chi connectivity index (χ0n) is 9.64. The van der Waals surface area contributed by atoms with Gasteiger partial charge in [0.05, 0.1) is 6.20 Å². The van der Waals surface area contributed by atoms with Crippen LogP contribution in [0.2, 0.25) is 0 Å². The smallest absolute Gasteiger partial charge is 0.161 e. The molecule has 0 aliphatic rings. The normalized spacial score (nSPS) is 10.6. The number of hydrogen-bond acceptors (Lipinski definition) is 2. The molecule has 0 amide bonds. The van der Waals surface area contributed by atoms with Gasteiger partial charge in [0.15, 0.2) is 5.75 Å². The summed E-state index contributed by atoms with van der Waals surface area (Å²) in [4.78, 5) is 0. The van der Waals surface area contributed by atoms with Crippen LogP contribution in [0, 0.1) is 6.92 Å². The highest BCUT2D eigenvalue weighted by Gasteiger charge is 2.11. The second kappa shape index (κ2) is 4.39. The molecule has 0 unspecified atom stereocenters. The SMILES string of the molecule is CCCn1ncc(O)c1-c1ccc(C)cc1. The fourth-order valence-electron chi connectivity index (χ4n) is 1.77. The molecule has 0 bridgehead atoms. The van der Waals surface area contributed by atoms with Crippen molar-refractivity contribution in [2.75, 3.05) is 0 Å². The van der Waals surface area contributed by atoms with Crippen molar-refractivity contribution < 1.29 is 5.11 Å². The highest BCUT2D eigenvalue weighted by atomic mass is 16.3. The fourth-order valence-corrected chi connectivity index (χ4v) is 1.77. The molecule has 0 spiro atoms. The topological polar surface area (TPSA) is 38.0 Å². The highest BCUT2D eigenvalue weighted by molar-refractivity contribution is 5.66. The Balaban J connectivity index is 2.45. The van der Waals surface area contributed by atoms with Crippen LogP contribution in [0.15, 0.2) is 30.5 Å². The number of benzene rings is 1. The summed E-state index contributed by atoms with van der Waals surface area (Å²) in [5.74, 6) is 0.248. The van der Waals surface area contributed by atoms with Gasteiger partial charge in [0, 0.05) is 12.1 Å². The number of hydrogen-bond donors (Lipinski definition) is 1. The first-order chi connectivity index (χ1) is 7.72. The number of aromatic hydroxyl groups is 1. The van der Waals surface area contributed by atoms with Crippen molar-refractivity contribution in [1.29, 1.82) is 0 Å². The van der Waals surface area contributed by atoms with Gasteiger partial charge in [-0.3, -0.25) is 4.68 Å². The molecule has 0 saturated heterocycles. The maximum atomic E-state index is 9.80. The zero-order chi connectivity index (χ0) is 11.5. The van der Waals surface area contributed by atoms with Crippen LogP contribution in [0.1, 0.15) is 18.9 Å². The highest BCUT2D eigenvalue weighted by Crippen LogP contribution is 2.28. The molecule has 2 aromatic rings. The Morgan fingerprint density at radius 2 is 1.94 bits per heavy atom. The predicted octanol–water partition coefficient (Wildman–Crippen LogP) is 2.97. The Labute approximate surface area is 95.3 Å². The van der Waals surface area contributed by atoms with Gasteiger partial charge >= 0.3 is 0 Å². The van der Waals surface area contributed by atoms with E-state index in [4.69, 9.17) is 0 Å². The summed E-state index contributed by atoms with van der Waals surface area (Å²) in [6.07, 6.45) is 2.50. The molecule has 1 aromatic carbocycles. The van der Waals surface area contributed by atoms with Crippen molar-refractivity contribution in [3.8, 4) is 17.0 Å². The van der Waals surface area contributed by atoms with Gasteiger partial charge in [0.25, 0.3) is 0 Å². The Kier molecular flexibility index (Phi) is 2.95. The lowest BCUT2D eigenvalue weighted by atomic mass is 10.1. The molecule has 0 fully saturated rings. The van der Waals surface area contributed by atoms with E-state index < -0.39 is 0 Å². The lowest BCUT2D eigenvalue weighted by Crippen LogP contribution is -2.00. The Hall–Kier alpha value is -1.77. The standard InChI is InChI=1S/C13H16N2O/c1-3-8-15-13(12(16)9-14-15)11-6-4-10(2)5-7-11/h4-7,9,16H,3,8H2,1-2H3. The van der Waals surface area contributed by atoms with Gasteiger partial charge < -0.3 is 5.11 Å². The maximum Gasteiger partial charge on any atom is 0.161 e. The Bertz CT molecular complexity index is 471. The van der Waals surface area contributed by atoms with Gasteiger partial charge in [0.1, 0.15) is 5.69 Å². The first kappa shape index (κ1) is 10.7. The molecule has 2 rings (SSSR count). The van der Waals surface area contributed by atoms with Crippen molar-refractivity contribution in [2.45, 2.75) is 26.8 Å². The van der Waals surface area contributed by atoms with E-state index in [0.717, 1.165) is 24.2 Å². The van der Waals surface area contributed by atoms with E-state index in [-0.39, 0.29) is 5.75 Å². The van der Waals surface area contributed by atoms with E-state index >= 15 is 0 Å². The summed E-state index contributed by atoms with van der Waals surface area (Å²) in [6, 6.07) is 8.10. The summed E-state index contributed by atoms with van der Waals surface area (Å²) in [5, 5.41) is 14.0. The van der Waals surface area contributed by atoms with Crippen LogP contribution in [-0.2, 0) is 6.54 Å². The second-order valence-corrected chi connectivity index (χ2v) is 3.97. The van der Waals surface area contributed by atoms with E-state index in [9.17, 15) is 5.11 Å². The molecule has 0 aliphatic carbocycles. The molecule has 3 nitrogen and oxygen atoms in total. The van der Waals surface area contributed by atoms with E-state index in [2.05, 4.69) is 12.0 Å². The van der Waals surface area contributed by atoms with E-state index in [1.54, 1.807) is 0 Å². The average Bonchev–Trinajstić information content (AvgIpc) is 2.62. The number of nitrogens with zero attached hydrogens (tertiary/aromatic N) is 2. The average molecular weight is 216 g/mol. The van der Waals surface area contributed by atoms with Gasteiger partial charge in [-0.05, 0) is 13.3 Å².